The molecule has 8 nitrogen and oxygen atoms in total. The monoisotopic (exact) mass is 531 g/mol. The third-order valence-corrected chi connectivity index (χ3v) is 9.73. The minimum atomic E-state index is -0.171. The highest BCUT2D eigenvalue weighted by molar-refractivity contribution is 8.04. The Morgan fingerprint density at radius 1 is 1.08 bits per heavy atom. The third-order valence-electron chi connectivity index (χ3n) is 8.37. The summed E-state index contributed by atoms with van der Waals surface area (Å²) in [5, 5.41) is 10.1. The number of thioether (sulfide) groups is 1. The topological polar surface area (TPSA) is 85.9 Å². The van der Waals surface area contributed by atoms with Crippen LogP contribution in [-0.2, 0) is 4.79 Å². The van der Waals surface area contributed by atoms with Crippen molar-refractivity contribution in [2.45, 2.75) is 56.1 Å². The van der Waals surface area contributed by atoms with Crippen molar-refractivity contribution < 1.29 is 14.3 Å². The second-order valence-electron chi connectivity index (χ2n) is 11.0. The summed E-state index contributed by atoms with van der Waals surface area (Å²) in [6, 6.07) is 16.3. The van der Waals surface area contributed by atoms with Gasteiger partial charge in [0.2, 0.25) is 0 Å². The number of aryl methyl sites for hydroxylation is 1. The van der Waals surface area contributed by atoms with Crippen LogP contribution in [0, 0.1) is 12.8 Å². The summed E-state index contributed by atoms with van der Waals surface area (Å²) in [4.78, 5) is 32.1. The first kappa shape index (κ1) is 24.1. The number of urea groups is 1. The van der Waals surface area contributed by atoms with Crippen LogP contribution in [0.2, 0.25) is 0 Å². The number of rotatable bonds is 6. The zero-order valence-electron chi connectivity index (χ0n) is 21.5. The first-order chi connectivity index (χ1) is 18.5. The summed E-state index contributed by atoms with van der Waals surface area (Å²) in [5.74, 6) is 1.51. The van der Waals surface area contributed by atoms with Gasteiger partial charge in [-0.05, 0) is 75.0 Å². The number of likely N-dealkylation sites (tertiary alicyclic amines) is 1. The number of hydrogen-bond acceptors (Lipinski definition) is 6. The number of nitrogens with zero attached hydrogens (tertiary/aromatic N) is 2. The van der Waals surface area contributed by atoms with Crippen LogP contribution in [0.15, 0.2) is 59.1 Å². The number of para-hydroxylation sites is 1. The standard InChI is InChI=1S/C29H33N5O3S/c1-17-15-21(37-20-5-3-2-4-6-20)9-10-22(17)34-23-11-13-30-28-24(23)25(32-29(34)36)26(38-28)27(35)31-18-12-14-33(16-18)19-7-8-19/h2-6,9-10,15,18-19,23-24,28,30H,7-8,11-14,16H2,1H3,(H,31,35)(H,32,36)/t18-,23?,24?,28?/m1/s1. The SMILES string of the molecule is Cc1cc(Oc2ccccc2)ccc1N1C(=O)NC2=C(C(=O)N[C@@H]3CCN(C4CC4)C3)SC3NCCC1C23. The van der Waals surface area contributed by atoms with E-state index in [4.69, 9.17) is 4.74 Å². The Hall–Kier alpha value is -3.01. The second-order valence-corrected chi connectivity index (χ2v) is 12.1. The van der Waals surface area contributed by atoms with Gasteiger partial charge in [0, 0.05) is 42.5 Å². The van der Waals surface area contributed by atoms with E-state index in [0.29, 0.717) is 4.91 Å². The fourth-order valence-corrected chi connectivity index (χ4v) is 7.82. The first-order valence-corrected chi connectivity index (χ1v) is 14.6. The van der Waals surface area contributed by atoms with Gasteiger partial charge in [-0.25, -0.2) is 4.79 Å². The van der Waals surface area contributed by atoms with Crippen LogP contribution >= 0.6 is 11.8 Å². The summed E-state index contributed by atoms with van der Waals surface area (Å²) in [5.41, 5.74) is 2.64. The normalized spacial score (nSPS) is 28.8. The van der Waals surface area contributed by atoms with Gasteiger partial charge in [-0.15, -0.1) is 0 Å². The number of carbonyl (C=O) groups excluding carboxylic acids is 2. The summed E-state index contributed by atoms with van der Waals surface area (Å²) in [6.45, 7) is 4.81. The molecule has 5 aliphatic rings. The van der Waals surface area contributed by atoms with E-state index in [9.17, 15) is 9.59 Å². The van der Waals surface area contributed by atoms with Gasteiger partial charge in [-0.1, -0.05) is 30.0 Å². The van der Waals surface area contributed by atoms with Gasteiger partial charge in [-0.2, -0.15) is 0 Å². The van der Waals surface area contributed by atoms with Crippen LogP contribution in [0.1, 0.15) is 31.2 Å². The molecule has 2 aromatic rings. The average molecular weight is 532 g/mol. The molecule has 1 aliphatic carbocycles. The molecular weight excluding hydrogens is 498 g/mol. The molecule has 0 spiro atoms. The van der Waals surface area contributed by atoms with E-state index in [2.05, 4.69) is 20.9 Å². The van der Waals surface area contributed by atoms with Crippen LogP contribution < -0.4 is 25.6 Å². The van der Waals surface area contributed by atoms with E-state index in [0.717, 1.165) is 67.0 Å². The van der Waals surface area contributed by atoms with Crippen molar-refractivity contribution in [1.29, 1.82) is 0 Å². The maximum Gasteiger partial charge on any atom is 0.326 e. The Morgan fingerprint density at radius 3 is 2.71 bits per heavy atom. The van der Waals surface area contributed by atoms with Crippen LogP contribution in [-0.4, -0.2) is 60.0 Å². The minimum Gasteiger partial charge on any atom is -0.457 e. The number of ether oxygens (including phenoxy) is 1. The molecule has 9 heteroatoms. The third kappa shape index (κ3) is 4.36. The number of hydrogen-bond donors (Lipinski definition) is 3. The number of amides is 3. The number of piperidine rings is 1. The molecule has 7 rings (SSSR count). The maximum atomic E-state index is 13.6. The highest BCUT2D eigenvalue weighted by Crippen LogP contribution is 2.48. The van der Waals surface area contributed by atoms with E-state index in [1.54, 1.807) is 11.8 Å². The van der Waals surface area contributed by atoms with Gasteiger partial charge in [0.15, 0.2) is 0 Å². The van der Waals surface area contributed by atoms with Crippen LogP contribution in [0.25, 0.3) is 0 Å². The van der Waals surface area contributed by atoms with Gasteiger partial charge in [0.05, 0.1) is 16.3 Å². The van der Waals surface area contributed by atoms with Crippen molar-refractivity contribution in [3.8, 4) is 11.5 Å². The molecule has 4 fully saturated rings. The lowest BCUT2D eigenvalue weighted by Gasteiger charge is -2.46. The zero-order valence-corrected chi connectivity index (χ0v) is 22.3. The molecule has 0 aromatic heterocycles. The molecule has 0 bridgehead atoms. The number of carbonyl (C=O) groups is 2. The van der Waals surface area contributed by atoms with Crippen LogP contribution in [0.3, 0.4) is 0 Å². The van der Waals surface area contributed by atoms with E-state index in [1.807, 2.05) is 60.4 Å². The zero-order chi connectivity index (χ0) is 25.8. The number of anilines is 1. The molecule has 3 unspecified atom stereocenters. The van der Waals surface area contributed by atoms with Gasteiger partial charge >= 0.3 is 6.03 Å². The molecule has 2 aromatic carbocycles. The Kier molecular flexibility index (Phi) is 6.10. The Labute approximate surface area is 227 Å². The van der Waals surface area contributed by atoms with Crippen LogP contribution in [0.4, 0.5) is 10.5 Å². The Bertz CT molecular complexity index is 1300. The lowest BCUT2D eigenvalue weighted by Crippen LogP contribution is -2.62. The lowest BCUT2D eigenvalue weighted by atomic mass is 9.86. The quantitative estimate of drug-likeness (QED) is 0.524. The van der Waals surface area contributed by atoms with E-state index in [1.165, 1.54) is 12.8 Å². The molecule has 4 heterocycles. The Balaban J connectivity index is 1.11. The summed E-state index contributed by atoms with van der Waals surface area (Å²) >= 11 is 1.57. The average Bonchev–Trinajstić information content (AvgIpc) is 3.55. The number of nitrogens with one attached hydrogen (secondary N) is 3. The predicted molar refractivity (Wildman–Crippen MR) is 148 cm³/mol. The molecule has 3 N–H and O–H groups in total. The van der Waals surface area contributed by atoms with Crippen molar-refractivity contribution in [3.05, 3.63) is 64.7 Å². The van der Waals surface area contributed by atoms with Crippen molar-refractivity contribution in [2.24, 2.45) is 5.92 Å². The van der Waals surface area contributed by atoms with Crippen molar-refractivity contribution in [2.75, 3.05) is 24.5 Å². The Morgan fingerprint density at radius 2 is 1.92 bits per heavy atom. The van der Waals surface area contributed by atoms with E-state index >= 15 is 0 Å². The molecule has 4 atom stereocenters. The fraction of sp³-hybridized carbons (Fsp3) is 0.448. The molecule has 3 saturated heterocycles. The predicted octanol–water partition coefficient (Wildman–Crippen LogP) is 3.93. The molecule has 38 heavy (non-hydrogen) atoms. The summed E-state index contributed by atoms with van der Waals surface area (Å²) < 4.78 is 6.01. The highest BCUT2D eigenvalue weighted by Gasteiger charge is 2.52. The van der Waals surface area contributed by atoms with Crippen LogP contribution in [0.5, 0.6) is 11.5 Å². The first-order valence-electron chi connectivity index (χ1n) is 13.7. The van der Waals surface area contributed by atoms with E-state index in [-0.39, 0.29) is 35.3 Å². The maximum absolute atomic E-state index is 13.6. The molecule has 0 radical (unpaired) electrons. The van der Waals surface area contributed by atoms with Crippen molar-refractivity contribution in [3.63, 3.8) is 0 Å². The second kappa shape index (κ2) is 9.63. The van der Waals surface area contributed by atoms with Gasteiger partial charge in [0.25, 0.3) is 5.91 Å². The van der Waals surface area contributed by atoms with Crippen molar-refractivity contribution >= 4 is 29.4 Å². The fourth-order valence-electron chi connectivity index (χ4n) is 6.42. The molecule has 1 saturated carbocycles. The molecule has 198 valence electrons. The summed E-state index contributed by atoms with van der Waals surface area (Å²) in [7, 11) is 0. The lowest BCUT2D eigenvalue weighted by molar-refractivity contribution is -0.117. The summed E-state index contributed by atoms with van der Waals surface area (Å²) in [6.07, 6.45) is 4.39. The number of benzene rings is 2. The van der Waals surface area contributed by atoms with E-state index < -0.39 is 0 Å². The largest absolute Gasteiger partial charge is 0.457 e. The molecular formula is C29H33N5O3S. The minimum absolute atomic E-state index is 0.0146. The van der Waals surface area contributed by atoms with Gasteiger partial charge < -0.3 is 20.7 Å². The smallest absolute Gasteiger partial charge is 0.326 e. The highest BCUT2D eigenvalue weighted by atomic mass is 32.2. The van der Waals surface area contributed by atoms with Gasteiger partial charge in [0.1, 0.15) is 11.5 Å². The van der Waals surface area contributed by atoms with Crippen molar-refractivity contribution in [1.82, 2.24) is 20.9 Å². The molecule has 4 aliphatic heterocycles. The van der Waals surface area contributed by atoms with Gasteiger partial charge in [-0.3, -0.25) is 14.6 Å². The molecule has 3 amide bonds.